The van der Waals surface area contributed by atoms with Crippen molar-refractivity contribution in [1.29, 1.82) is 0 Å². The van der Waals surface area contributed by atoms with E-state index in [2.05, 4.69) is 30.4 Å². The van der Waals surface area contributed by atoms with Crippen LogP contribution in [0.25, 0.3) is 0 Å². The average molecular weight is 308 g/mol. The second-order valence-corrected chi connectivity index (χ2v) is 7.24. The quantitative estimate of drug-likeness (QED) is 0.791. The minimum Gasteiger partial charge on any atom is -0.320 e. The van der Waals surface area contributed by atoms with Gasteiger partial charge in [0.25, 0.3) is 0 Å². The van der Waals surface area contributed by atoms with Crippen LogP contribution in [0.15, 0.2) is 29.2 Å². The van der Waals surface area contributed by atoms with Gasteiger partial charge in [0.05, 0.1) is 11.4 Å². The third-order valence-corrected chi connectivity index (χ3v) is 4.64. The molecule has 0 amide bonds. The van der Waals surface area contributed by atoms with E-state index in [1.54, 1.807) is 24.3 Å². The summed E-state index contributed by atoms with van der Waals surface area (Å²) in [6, 6.07) is 6.44. The van der Waals surface area contributed by atoms with Gasteiger partial charge in [-0.15, -0.1) is 0 Å². The molecule has 0 saturated heterocycles. The number of benzene rings is 1. The summed E-state index contributed by atoms with van der Waals surface area (Å²) in [5.41, 5.74) is 6.06. The second kappa shape index (κ2) is 8.18. The first kappa shape index (κ1) is 17.7. The molecule has 0 aromatic heterocycles. The summed E-state index contributed by atoms with van der Waals surface area (Å²) in [6.45, 7) is 6.43. The minimum absolute atomic E-state index is 0.0749. The molecule has 5 heteroatoms. The lowest BCUT2D eigenvalue weighted by Gasteiger charge is -2.15. The lowest BCUT2D eigenvalue weighted by Crippen LogP contribution is -2.32. The van der Waals surface area contributed by atoms with E-state index in [9.17, 15) is 8.42 Å². The zero-order valence-corrected chi connectivity index (χ0v) is 13.7. The van der Waals surface area contributed by atoms with Crippen molar-refractivity contribution in [3.8, 4) is 11.8 Å². The molecule has 1 aromatic carbocycles. The number of hydrogen-bond donors (Lipinski definition) is 2. The number of rotatable bonds is 6. The van der Waals surface area contributed by atoms with Crippen molar-refractivity contribution >= 4 is 10.0 Å². The standard InChI is InChI=1S/C16H24N2O2S/c1-13(2)6-7-14(3)18-21(19,20)16-10-8-15(9-11-16)5-4-12-17/h8-11,13-14,18H,6-7,12,17H2,1-3H3. The van der Waals surface area contributed by atoms with Gasteiger partial charge in [0, 0.05) is 11.6 Å². The minimum atomic E-state index is -3.47. The van der Waals surface area contributed by atoms with E-state index in [0.29, 0.717) is 5.92 Å². The van der Waals surface area contributed by atoms with Gasteiger partial charge in [-0.05, 0) is 49.9 Å². The maximum Gasteiger partial charge on any atom is 0.240 e. The molecular weight excluding hydrogens is 284 g/mol. The van der Waals surface area contributed by atoms with Crippen LogP contribution in [0.2, 0.25) is 0 Å². The van der Waals surface area contributed by atoms with Crippen molar-refractivity contribution in [2.45, 2.75) is 44.6 Å². The van der Waals surface area contributed by atoms with Crippen molar-refractivity contribution in [1.82, 2.24) is 4.72 Å². The molecule has 0 aliphatic carbocycles. The van der Waals surface area contributed by atoms with Crippen LogP contribution in [-0.4, -0.2) is 21.0 Å². The molecular formula is C16H24N2O2S. The summed E-state index contributed by atoms with van der Waals surface area (Å²) in [5.74, 6) is 6.17. The van der Waals surface area contributed by atoms with Crippen molar-refractivity contribution in [3.05, 3.63) is 29.8 Å². The van der Waals surface area contributed by atoms with Gasteiger partial charge >= 0.3 is 0 Å². The van der Waals surface area contributed by atoms with Crippen molar-refractivity contribution < 1.29 is 8.42 Å². The molecule has 1 unspecified atom stereocenters. The van der Waals surface area contributed by atoms with Crippen LogP contribution in [0.3, 0.4) is 0 Å². The summed E-state index contributed by atoms with van der Waals surface area (Å²) in [5, 5.41) is 0. The molecule has 1 rings (SSSR count). The highest BCUT2D eigenvalue weighted by atomic mass is 32.2. The fraction of sp³-hybridized carbons (Fsp3) is 0.500. The number of nitrogens with two attached hydrogens (primary N) is 1. The molecule has 3 N–H and O–H groups in total. The van der Waals surface area contributed by atoms with Crippen molar-refractivity contribution in [3.63, 3.8) is 0 Å². The van der Waals surface area contributed by atoms with E-state index >= 15 is 0 Å². The average Bonchev–Trinajstić information content (AvgIpc) is 2.43. The summed E-state index contributed by atoms with van der Waals surface area (Å²) in [4.78, 5) is 0.261. The normalized spacial score (nSPS) is 12.8. The molecule has 1 atom stereocenters. The Hall–Kier alpha value is -1.35. The predicted octanol–water partition coefficient (Wildman–Crippen LogP) is 2.10. The van der Waals surface area contributed by atoms with Gasteiger partial charge in [-0.3, -0.25) is 0 Å². The Balaban J connectivity index is 2.74. The van der Waals surface area contributed by atoms with Gasteiger partial charge in [-0.25, -0.2) is 13.1 Å². The first-order valence-electron chi connectivity index (χ1n) is 7.16. The first-order chi connectivity index (χ1) is 9.85. The van der Waals surface area contributed by atoms with Crippen LogP contribution in [0.5, 0.6) is 0 Å². The fourth-order valence-electron chi connectivity index (χ4n) is 1.85. The third-order valence-electron chi connectivity index (χ3n) is 3.03. The van der Waals surface area contributed by atoms with Crippen molar-refractivity contribution in [2.24, 2.45) is 11.7 Å². The Morgan fingerprint density at radius 3 is 2.29 bits per heavy atom. The SMILES string of the molecule is CC(C)CCC(C)NS(=O)(=O)c1ccc(C#CCN)cc1. The highest BCUT2D eigenvalue weighted by molar-refractivity contribution is 7.89. The van der Waals surface area contributed by atoms with Crippen LogP contribution in [0.4, 0.5) is 0 Å². The van der Waals surface area contributed by atoms with E-state index in [1.165, 1.54) is 0 Å². The van der Waals surface area contributed by atoms with Crippen LogP contribution >= 0.6 is 0 Å². The summed E-state index contributed by atoms with van der Waals surface area (Å²) in [7, 11) is -3.47. The Morgan fingerprint density at radius 1 is 1.14 bits per heavy atom. The van der Waals surface area contributed by atoms with Crippen LogP contribution < -0.4 is 10.5 Å². The Morgan fingerprint density at radius 2 is 1.76 bits per heavy atom. The molecule has 0 radical (unpaired) electrons. The number of sulfonamides is 1. The molecule has 21 heavy (non-hydrogen) atoms. The Labute approximate surface area is 128 Å². The van der Waals surface area contributed by atoms with E-state index in [1.807, 2.05) is 6.92 Å². The summed E-state index contributed by atoms with van der Waals surface area (Å²) >= 11 is 0. The van der Waals surface area contributed by atoms with E-state index in [4.69, 9.17) is 5.73 Å². The number of nitrogens with one attached hydrogen (secondary N) is 1. The van der Waals surface area contributed by atoms with Gasteiger partial charge in [-0.2, -0.15) is 0 Å². The zero-order valence-electron chi connectivity index (χ0n) is 12.9. The topological polar surface area (TPSA) is 72.2 Å². The molecule has 0 heterocycles. The van der Waals surface area contributed by atoms with Crippen LogP contribution in [0.1, 0.15) is 39.2 Å². The Bertz CT molecular complexity index is 595. The zero-order chi connectivity index (χ0) is 15.9. The molecule has 0 spiro atoms. The lowest BCUT2D eigenvalue weighted by molar-refractivity contribution is 0.485. The first-order valence-corrected chi connectivity index (χ1v) is 8.65. The van der Waals surface area contributed by atoms with E-state index in [-0.39, 0.29) is 17.5 Å². The highest BCUT2D eigenvalue weighted by Crippen LogP contribution is 2.13. The van der Waals surface area contributed by atoms with E-state index < -0.39 is 10.0 Å². The second-order valence-electron chi connectivity index (χ2n) is 5.52. The molecule has 0 saturated carbocycles. The lowest BCUT2D eigenvalue weighted by atomic mass is 10.1. The molecule has 4 nitrogen and oxygen atoms in total. The molecule has 0 aliphatic heterocycles. The molecule has 0 aliphatic rings. The molecule has 1 aromatic rings. The smallest absolute Gasteiger partial charge is 0.240 e. The fourth-order valence-corrected chi connectivity index (χ4v) is 3.12. The summed E-state index contributed by atoms with van der Waals surface area (Å²) < 4.78 is 27.2. The van der Waals surface area contributed by atoms with Gasteiger partial charge < -0.3 is 5.73 Å². The van der Waals surface area contributed by atoms with Gasteiger partial charge in [0.1, 0.15) is 0 Å². The Kier molecular flexibility index (Phi) is 6.90. The molecule has 116 valence electrons. The predicted molar refractivity (Wildman–Crippen MR) is 86.2 cm³/mol. The van der Waals surface area contributed by atoms with Gasteiger partial charge in [-0.1, -0.05) is 25.7 Å². The maximum atomic E-state index is 12.2. The molecule has 0 fully saturated rings. The number of hydrogen-bond acceptors (Lipinski definition) is 3. The van der Waals surface area contributed by atoms with E-state index in [0.717, 1.165) is 18.4 Å². The van der Waals surface area contributed by atoms with Crippen LogP contribution in [0, 0.1) is 17.8 Å². The van der Waals surface area contributed by atoms with Gasteiger partial charge in [0.2, 0.25) is 10.0 Å². The monoisotopic (exact) mass is 308 g/mol. The molecule has 0 bridgehead atoms. The third kappa shape index (κ3) is 6.30. The largest absolute Gasteiger partial charge is 0.320 e. The van der Waals surface area contributed by atoms with Gasteiger partial charge in [0.15, 0.2) is 0 Å². The van der Waals surface area contributed by atoms with Crippen molar-refractivity contribution in [2.75, 3.05) is 6.54 Å². The maximum absolute atomic E-state index is 12.2. The highest BCUT2D eigenvalue weighted by Gasteiger charge is 2.17. The van der Waals surface area contributed by atoms with Crippen LogP contribution in [-0.2, 0) is 10.0 Å². The summed E-state index contributed by atoms with van der Waals surface area (Å²) in [6.07, 6.45) is 1.83.